The topological polar surface area (TPSA) is 80.3 Å². The SMILES string of the molecule is COc1cccc(OC)c1-c1cccc2c1O[C@@H](COS(=O)(=O)c1ccc(C)cc1)CO2. The van der Waals surface area contributed by atoms with E-state index in [9.17, 15) is 8.42 Å². The van der Waals surface area contributed by atoms with Crippen molar-refractivity contribution in [3.63, 3.8) is 0 Å². The van der Waals surface area contributed by atoms with E-state index in [1.807, 2.05) is 37.3 Å². The van der Waals surface area contributed by atoms with Gasteiger partial charge in [-0.15, -0.1) is 0 Å². The Kier molecular flexibility index (Phi) is 6.25. The zero-order chi connectivity index (χ0) is 22.7. The first-order valence-electron chi connectivity index (χ1n) is 10.0. The lowest BCUT2D eigenvalue weighted by atomic mass is 10.0. The fourth-order valence-electron chi connectivity index (χ4n) is 3.47. The molecule has 7 nitrogen and oxygen atoms in total. The van der Waals surface area contributed by atoms with Crippen molar-refractivity contribution in [1.29, 1.82) is 0 Å². The van der Waals surface area contributed by atoms with Gasteiger partial charge in [-0.2, -0.15) is 8.42 Å². The minimum absolute atomic E-state index is 0.0969. The number of fused-ring (bicyclic) bond motifs is 1. The van der Waals surface area contributed by atoms with Gasteiger partial charge >= 0.3 is 0 Å². The van der Waals surface area contributed by atoms with Crippen LogP contribution < -0.4 is 18.9 Å². The summed E-state index contributed by atoms with van der Waals surface area (Å²) in [6.45, 7) is 1.85. The largest absolute Gasteiger partial charge is 0.496 e. The number of rotatable bonds is 7. The van der Waals surface area contributed by atoms with Gasteiger partial charge in [-0.25, -0.2) is 0 Å². The molecule has 0 bridgehead atoms. The molecule has 0 aromatic heterocycles. The minimum atomic E-state index is -3.91. The van der Waals surface area contributed by atoms with Crippen molar-refractivity contribution >= 4 is 10.1 Å². The predicted molar refractivity (Wildman–Crippen MR) is 119 cm³/mol. The summed E-state index contributed by atoms with van der Waals surface area (Å²) in [5.74, 6) is 2.25. The minimum Gasteiger partial charge on any atom is -0.496 e. The average molecular weight is 457 g/mol. The van der Waals surface area contributed by atoms with Gasteiger partial charge in [0.2, 0.25) is 0 Å². The highest BCUT2D eigenvalue weighted by molar-refractivity contribution is 7.86. The number of hydrogen-bond donors (Lipinski definition) is 0. The van der Waals surface area contributed by atoms with Crippen molar-refractivity contribution in [1.82, 2.24) is 0 Å². The van der Waals surface area contributed by atoms with Crippen LogP contribution >= 0.6 is 0 Å². The summed E-state index contributed by atoms with van der Waals surface area (Å²) in [6, 6.07) is 17.5. The maximum absolute atomic E-state index is 12.5. The van der Waals surface area contributed by atoms with E-state index in [2.05, 4.69) is 0 Å². The van der Waals surface area contributed by atoms with Gasteiger partial charge in [0.25, 0.3) is 10.1 Å². The van der Waals surface area contributed by atoms with Crippen LogP contribution in [0.3, 0.4) is 0 Å². The highest BCUT2D eigenvalue weighted by Gasteiger charge is 2.28. The van der Waals surface area contributed by atoms with Crippen molar-refractivity contribution in [3.8, 4) is 34.1 Å². The molecule has 0 spiro atoms. The Balaban J connectivity index is 1.59. The molecule has 0 radical (unpaired) electrons. The molecule has 32 heavy (non-hydrogen) atoms. The Morgan fingerprint density at radius 2 is 1.59 bits per heavy atom. The van der Waals surface area contributed by atoms with Gasteiger partial charge in [0.05, 0.1) is 24.7 Å². The molecule has 0 fully saturated rings. The highest BCUT2D eigenvalue weighted by Crippen LogP contribution is 2.47. The molecule has 4 rings (SSSR count). The third kappa shape index (κ3) is 4.37. The van der Waals surface area contributed by atoms with E-state index in [1.165, 1.54) is 12.1 Å². The van der Waals surface area contributed by atoms with E-state index in [4.69, 9.17) is 23.1 Å². The van der Waals surface area contributed by atoms with Crippen LogP contribution in [0, 0.1) is 6.92 Å². The maximum atomic E-state index is 12.5. The molecule has 0 saturated carbocycles. The standard InChI is InChI=1S/C24H24O7S/c1-16-10-12-18(13-11-16)32(25,26)30-15-17-14-29-22-9-4-6-19(24(22)31-17)23-20(27-2)7-5-8-21(23)28-3/h4-13,17H,14-15H2,1-3H3/t17-/m1/s1. The first kappa shape index (κ1) is 22.0. The van der Waals surface area contributed by atoms with Gasteiger partial charge in [-0.3, -0.25) is 4.18 Å². The second-order valence-corrected chi connectivity index (χ2v) is 8.89. The van der Waals surface area contributed by atoms with Gasteiger partial charge in [-0.05, 0) is 37.3 Å². The first-order chi connectivity index (χ1) is 15.4. The Hall–Kier alpha value is -3.23. The molecule has 1 aliphatic rings. The second kappa shape index (κ2) is 9.10. The van der Waals surface area contributed by atoms with E-state index < -0.39 is 16.2 Å². The summed E-state index contributed by atoms with van der Waals surface area (Å²) in [4.78, 5) is 0.0969. The Labute approximate surface area is 187 Å². The third-order valence-electron chi connectivity index (χ3n) is 5.10. The van der Waals surface area contributed by atoms with E-state index >= 15 is 0 Å². The number of hydrogen-bond acceptors (Lipinski definition) is 7. The number of ether oxygens (including phenoxy) is 4. The van der Waals surface area contributed by atoms with Crippen LogP contribution in [0.15, 0.2) is 65.6 Å². The van der Waals surface area contributed by atoms with E-state index in [0.29, 0.717) is 34.1 Å². The monoisotopic (exact) mass is 456 g/mol. The highest BCUT2D eigenvalue weighted by atomic mass is 32.2. The molecule has 0 saturated heterocycles. The summed E-state index contributed by atoms with van der Waals surface area (Å²) in [5, 5.41) is 0. The summed E-state index contributed by atoms with van der Waals surface area (Å²) in [7, 11) is -0.751. The lowest BCUT2D eigenvalue weighted by Crippen LogP contribution is -2.34. The van der Waals surface area contributed by atoms with Crippen molar-refractivity contribution < 1.29 is 31.5 Å². The molecule has 0 amide bonds. The van der Waals surface area contributed by atoms with Crippen LogP contribution in [0.4, 0.5) is 0 Å². The predicted octanol–water partition coefficient (Wildman–Crippen LogP) is 4.22. The summed E-state index contributed by atoms with van der Waals surface area (Å²) >= 11 is 0. The molecule has 3 aromatic rings. The van der Waals surface area contributed by atoms with Crippen LogP contribution in [0.5, 0.6) is 23.0 Å². The van der Waals surface area contributed by atoms with Crippen LogP contribution in [0.25, 0.3) is 11.1 Å². The lowest BCUT2D eigenvalue weighted by molar-refractivity contribution is 0.0561. The zero-order valence-electron chi connectivity index (χ0n) is 18.0. The van der Waals surface area contributed by atoms with Gasteiger partial charge in [0, 0.05) is 5.56 Å². The Morgan fingerprint density at radius 3 is 2.25 bits per heavy atom. The molecule has 1 atom stereocenters. The van der Waals surface area contributed by atoms with Gasteiger partial charge < -0.3 is 18.9 Å². The Morgan fingerprint density at radius 1 is 0.938 bits per heavy atom. The quantitative estimate of drug-likeness (QED) is 0.492. The number of benzene rings is 3. The third-order valence-corrected chi connectivity index (χ3v) is 6.40. The normalized spacial score (nSPS) is 15.3. The molecule has 168 valence electrons. The Bertz CT molecular complexity index is 1180. The van der Waals surface area contributed by atoms with Gasteiger partial charge in [0.15, 0.2) is 17.6 Å². The van der Waals surface area contributed by atoms with Crippen LogP contribution in [0.1, 0.15) is 5.56 Å². The van der Waals surface area contributed by atoms with Crippen molar-refractivity contribution in [2.75, 3.05) is 27.4 Å². The molecule has 8 heteroatoms. The number of para-hydroxylation sites is 1. The van der Waals surface area contributed by atoms with Crippen molar-refractivity contribution in [2.24, 2.45) is 0 Å². The molecule has 0 N–H and O–H groups in total. The summed E-state index contributed by atoms with van der Waals surface area (Å²) in [5.41, 5.74) is 2.39. The zero-order valence-corrected chi connectivity index (χ0v) is 18.8. The van der Waals surface area contributed by atoms with Gasteiger partial charge in [0.1, 0.15) is 24.7 Å². The molecular weight excluding hydrogens is 432 g/mol. The second-order valence-electron chi connectivity index (χ2n) is 7.27. The van der Waals surface area contributed by atoms with Crippen LogP contribution in [0.2, 0.25) is 0 Å². The van der Waals surface area contributed by atoms with Crippen molar-refractivity contribution in [2.45, 2.75) is 17.9 Å². The molecule has 1 aliphatic heterocycles. The van der Waals surface area contributed by atoms with Crippen molar-refractivity contribution in [3.05, 3.63) is 66.2 Å². The van der Waals surface area contributed by atoms with Crippen LogP contribution in [-0.2, 0) is 14.3 Å². The summed E-state index contributed by atoms with van der Waals surface area (Å²) < 4.78 is 53.4. The van der Waals surface area contributed by atoms with E-state index in [1.54, 1.807) is 32.4 Å². The number of aryl methyl sites for hydroxylation is 1. The molecule has 0 unspecified atom stereocenters. The van der Waals surface area contributed by atoms with E-state index in [0.717, 1.165) is 5.56 Å². The van der Waals surface area contributed by atoms with Gasteiger partial charge in [-0.1, -0.05) is 35.9 Å². The van der Waals surface area contributed by atoms with Crippen LogP contribution in [-0.4, -0.2) is 42.0 Å². The first-order valence-corrected chi connectivity index (χ1v) is 11.4. The lowest BCUT2D eigenvalue weighted by Gasteiger charge is -2.28. The number of methoxy groups -OCH3 is 2. The van der Waals surface area contributed by atoms with E-state index in [-0.39, 0.29) is 18.1 Å². The smallest absolute Gasteiger partial charge is 0.297 e. The molecule has 0 aliphatic carbocycles. The maximum Gasteiger partial charge on any atom is 0.297 e. The fourth-order valence-corrected chi connectivity index (χ4v) is 4.41. The molecular formula is C24H24O7S. The summed E-state index contributed by atoms with van der Waals surface area (Å²) in [6.07, 6.45) is -0.621. The molecule has 3 aromatic carbocycles. The fraction of sp³-hybridized carbons (Fsp3) is 0.250. The average Bonchev–Trinajstić information content (AvgIpc) is 2.82. The molecule has 1 heterocycles.